The summed E-state index contributed by atoms with van der Waals surface area (Å²) in [5.41, 5.74) is 5.42. The molecule has 0 bridgehead atoms. The SMILES string of the molecule is Cc1nc(NC(CCN)C(C)C)cc(=O)[nH]1. The topological polar surface area (TPSA) is 83.8 Å². The summed E-state index contributed by atoms with van der Waals surface area (Å²) >= 11 is 0. The van der Waals surface area contributed by atoms with Crippen LogP contribution in [0.4, 0.5) is 5.82 Å². The van der Waals surface area contributed by atoms with Gasteiger partial charge in [0.05, 0.1) is 0 Å². The van der Waals surface area contributed by atoms with Crippen molar-refractivity contribution in [2.75, 3.05) is 11.9 Å². The molecule has 0 radical (unpaired) electrons. The maximum Gasteiger partial charge on any atom is 0.252 e. The Kier molecular flexibility index (Phi) is 4.49. The minimum absolute atomic E-state index is 0.134. The number of nitrogens with one attached hydrogen (secondary N) is 2. The molecule has 16 heavy (non-hydrogen) atoms. The van der Waals surface area contributed by atoms with Gasteiger partial charge in [-0.2, -0.15) is 0 Å². The Balaban J connectivity index is 2.80. The maximum atomic E-state index is 11.3. The molecule has 0 aliphatic rings. The molecule has 0 saturated carbocycles. The standard InChI is InChI=1S/C11H20N4O/c1-7(2)9(4-5-12)15-10-6-11(16)14-8(3)13-10/h6-7,9H,4-5,12H2,1-3H3,(H2,13,14,15,16). The number of rotatable bonds is 5. The number of aryl methyl sites for hydroxylation is 1. The van der Waals surface area contributed by atoms with Gasteiger partial charge in [-0.1, -0.05) is 13.8 Å². The van der Waals surface area contributed by atoms with Crippen LogP contribution in [0.2, 0.25) is 0 Å². The van der Waals surface area contributed by atoms with Gasteiger partial charge in [-0.05, 0) is 25.8 Å². The lowest BCUT2D eigenvalue weighted by Crippen LogP contribution is -2.29. The quantitative estimate of drug-likeness (QED) is 0.692. The Hall–Kier alpha value is -1.36. The fraction of sp³-hybridized carbons (Fsp3) is 0.636. The third-order valence-corrected chi connectivity index (χ3v) is 2.48. The second-order valence-corrected chi connectivity index (χ2v) is 4.29. The van der Waals surface area contributed by atoms with Crippen molar-refractivity contribution < 1.29 is 0 Å². The minimum Gasteiger partial charge on any atom is -0.367 e. The third-order valence-electron chi connectivity index (χ3n) is 2.48. The predicted octanol–water partition coefficient (Wildman–Crippen LogP) is 0.864. The summed E-state index contributed by atoms with van der Waals surface area (Å²) < 4.78 is 0. The van der Waals surface area contributed by atoms with Crippen molar-refractivity contribution in [2.24, 2.45) is 11.7 Å². The maximum absolute atomic E-state index is 11.3. The number of H-pyrrole nitrogens is 1. The highest BCUT2D eigenvalue weighted by molar-refractivity contribution is 5.34. The lowest BCUT2D eigenvalue weighted by atomic mass is 10.0. The molecule has 1 heterocycles. The van der Waals surface area contributed by atoms with Gasteiger partial charge >= 0.3 is 0 Å². The number of anilines is 1. The van der Waals surface area contributed by atoms with Crippen molar-refractivity contribution in [1.82, 2.24) is 9.97 Å². The van der Waals surface area contributed by atoms with Gasteiger partial charge in [-0.15, -0.1) is 0 Å². The molecule has 1 aromatic heterocycles. The summed E-state index contributed by atoms with van der Waals surface area (Å²) in [6.45, 7) is 6.62. The highest BCUT2D eigenvalue weighted by Gasteiger charge is 2.12. The average Bonchev–Trinajstić information content (AvgIpc) is 2.15. The summed E-state index contributed by atoms with van der Waals surface area (Å²) in [5.74, 6) is 1.68. The Morgan fingerprint density at radius 3 is 2.75 bits per heavy atom. The van der Waals surface area contributed by atoms with E-state index >= 15 is 0 Å². The second kappa shape index (κ2) is 5.65. The van der Waals surface area contributed by atoms with Gasteiger partial charge in [0.25, 0.3) is 5.56 Å². The molecular weight excluding hydrogens is 204 g/mol. The molecule has 1 aromatic rings. The summed E-state index contributed by atoms with van der Waals surface area (Å²) in [4.78, 5) is 18.1. The summed E-state index contributed by atoms with van der Waals surface area (Å²) in [5, 5.41) is 3.25. The average molecular weight is 224 g/mol. The first-order chi connectivity index (χ1) is 7.52. The van der Waals surface area contributed by atoms with Crippen molar-refractivity contribution >= 4 is 5.82 Å². The van der Waals surface area contributed by atoms with Gasteiger partial charge in [0.15, 0.2) is 0 Å². The summed E-state index contributed by atoms with van der Waals surface area (Å²) in [7, 11) is 0. The first-order valence-corrected chi connectivity index (χ1v) is 5.57. The van der Waals surface area contributed by atoms with Gasteiger partial charge in [0, 0.05) is 12.1 Å². The monoisotopic (exact) mass is 224 g/mol. The molecule has 0 saturated heterocycles. The molecular formula is C11H20N4O. The lowest BCUT2D eigenvalue weighted by molar-refractivity contribution is 0.497. The number of aromatic amines is 1. The van der Waals surface area contributed by atoms with E-state index in [1.165, 1.54) is 6.07 Å². The van der Waals surface area contributed by atoms with E-state index in [1.54, 1.807) is 6.92 Å². The normalized spacial score (nSPS) is 12.8. The van der Waals surface area contributed by atoms with Crippen LogP contribution in [0.1, 0.15) is 26.1 Å². The zero-order valence-electron chi connectivity index (χ0n) is 10.1. The van der Waals surface area contributed by atoms with Crippen LogP contribution in [0.25, 0.3) is 0 Å². The lowest BCUT2D eigenvalue weighted by Gasteiger charge is -2.22. The summed E-state index contributed by atoms with van der Waals surface area (Å²) in [6, 6.07) is 1.72. The number of aromatic nitrogens is 2. The molecule has 0 aliphatic heterocycles. The molecule has 0 fully saturated rings. The van der Waals surface area contributed by atoms with Crippen LogP contribution in [-0.4, -0.2) is 22.6 Å². The van der Waals surface area contributed by atoms with Crippen molar-refractivity contribution in [3.05, 3.63) is 22.2 Å². The van der Waals surface area contributed by atoms with E-state index in [1.807, 2.05) is 0 Å². The number of nitrogens with two attached hydrogens (primary N) is 1. The van der Waals surface area contributed by atoms with E-state index in [0.29, 0.717) is 24.1 Å². The van der Waals surface area contributed by atoms with Crippen LogP contribution in [0.5, 0.6) is 0 Å². The highest BCUT2D eigenvalue weighted by atomic mass is 16.1. The molecule has 5 nitrogen and oxygen atoms in total. The van der Waals surface area contributed by atoms with Gasteiger partial charge < -0.3 is 16.0 Å². The zero-order valence-corrected chi connectivity index (χ0v) is 10.1. The molecule has 0 spiro atoms. The van der Waals surface area contributed by atoms with Gasteiger partial charge in [0.2, 0.25) is 0 Å². The highest BCUT2D eigenvalue weighted by Crippen LogP contribution is 2.11. The smallest absolute Gasteiger partial charge is 0.252 e. The number of hydrogen-bond acceptors (Lipinski definition) is 4. The van der Waals surface area contributed by atoms with Crippen LogP contribution in [0, 0.1) is 12.8 Å². The van der Waals surface area contributed by atoms with Crippen LogP contribution in [-0.2, 0) is 0 Å². The molecule has 1 unspecified atom stereocenters. The molecule has 0 aliphatic carbocycles. The number of hydrogen-bond donors (Lipinski definition) is 3. The van der Waals surface area contributed by atoms with E-state index < -0.39 is 0 Å². The van der Waals surface area contributed by atoms with Gasteiger partial charge in [0.1, 0.15) is 11.6 Å². The third kappa shape index (κ3) is 3.66. The Morgan fingerprint density at radius 2 is 2.25 bits per heavy atom. The molecule has 0 amide bonds. The van der Waals surface area contributed by atoms with Gasteiger partial charge in [-0.25, -0.2) is 4.98 Å². The van der Waals surface area contributed by atoms with Crippen LogP contribution >= 0.6 is 0 Å². The summed E-state index contributed by atoms with van der Waals surface area (Å²) in [6.07, 6.45) is 0.866. The fourth-order valence-electron chi connectivity index (χ4n) is 1.60. The zero-order chi connectivity index (χ0) is 12.1. The Labute approximate surface area is 95.5 Å². The minimum atomic E-state index is -0.134. The Morgan fingerprint density at radius 1 is 1.56 bits per heavy atom. The van der Waals surface area contributed by atoms with E-state index in [4.69, 9.17) is 5.73 Å². The van der Waals surface area contributed by atoms with E-state index in [9.17, 15) is 4.79 Å². The van der Waals surface area contributed by atoms with Gasteiger partial charge in [-0.3, -0.25) is 4.79 Å². The Bertz CT molecular complexity index is 386. The van der Waals surface area contributed by atoms with Crippen molar-refractivity contribution in [3.8, 4) is 0 Å². The van der Waals surface area contributed by atoms with E-state index in [0.717, 1.165) is 6.42 Å². The molecule has 1 rings (SSSR count). The molecule has 5 heteroatoms. The van der Waals surface area contributed by atoms with Crippen LogP contribution in [0.15, 0.2) is 10.9 Å². The fourth-order valence-corrected chi connectivity index (χ4v) is 1.60. The van der Waals surface area contributed by atoms with Crippen molar-refractivity contribution in [3.63, 3.8) is 0 Å². The largest absolute Gasteiger partial charge is 0.367 e. The van der Waals surface area contributed by atoms with E-state index in [2.05, 4.69) is 29.1 Å². The van der Waals surface area contributed by atoms with E-state index in [-0.39, 0.29) is 11.6 Å². The van der Waals surface area contributed by atoms with Crippen molar-refractivity contribution in [2.45, 2.75) is 33.2 Å². The number of nitrogens with zero attached hydrogens (tertiary/aromatic N) is 1. The molecule has 1 atom stereocenters. The van der Waals surface area contributed by atoms with Crippen LogP contribution in [0.3, 0.4) is 0 Å². The first-order valence-electron chi connectivity index (χ1n) is 5.57. The molecule has 0 aromatic carbocycles. The van der Waals surface area contributed by atoms with Crippen molar-refractivity contribution in [1.29, 1.82) is 0 Å². The van der Waals surface area contributed by atoms with Crippen LogP contribution < -0.4 is 16.6 Å². The predicted molar refractivity (Wildman–Crippen MR) is 65.5 cm³/mol. The molecule has 4 N–H and O–H groups in total. The first kappa shape index (κ1) is 12.7. The second-order valence-electron chi connectivity index (χ2n) is 4.29. The molecule has 90 valence electrons.